The van der Waals surface area contributed by atoms with Crippen molar-refractivity contribution in [3.63, 3.8) is 0 Å². The molecule has 0 aromatic heterocycles. The molecule has 0 heterocycles. The van der Waals surface area contributed by atoms with E-state index in [9.17, 15) is 4.79 Å². The van der Waals surface area contributed by atoms with Crippen LogP contribution in [-0.4, -0.2) is 5.97 Å². The Hall–Kier alpha value is -1.31. The summed E-state index contributed by atoms with van der Waals surface area (Å²) in [7, 11) is 0. The van der Waals surface area contributed by atoms with E-state index < -0.39 is 0 Å². The van der Waals surface area contributed by atoms with Crippen LogP contribution in [-0.2, 0) is 10.2 Å². The number of hydrogen-bond acceptors (Lipinski definition) is 2. The first-order chi connectivity index (χ1) is 8.87. The van der Waals surface area contributed by atoms with Gasteiger partial charge in [0, 0.05) is 17.9 Å². The molecule has 1 aromatic carbocycles. The molecule has 0 bridgehead atoms. The summed E-state index contributed by atoms with van der Waals surface area (Å²) < 4.78 is 5.48. The fourth-order valence-corrected chi connectivity index (χ4v) is 4.06. The molecule has 19 heavy (non-hydrogen) atoms. The fourth-order valence-electron chi connectivity index (χ4n) is 4.06. The lowest BCUT2D eigenvalue weighted by atomic mass is 9.70. The number of rotatable bonds is 2. The van der Waals surface area contributed by atoms with Crippen LogP contribution in [0.5, 0.6) is 5.75 Å². The van der Waals surface area contributed by atoms with Crippen LogP contribution in [0, 0.1) is 18.3 Å². The van der Waals surface area contributed by atoms with Crippen LogP contribution in [0.3, 0.4) is 0 Å². The van der Waals surface area contributed by atoms with Gasteiger partial charge in [0.15, 0.2) is 0 Å². The summed E-state index contributed by atoms with van der Waals surface area (Å²) in [6.45, 7) is 8.25. The molecule has 3 atom stereocenters. The van der Waals surface area contributed by atoms with Gasteiger partial charge in [-0.15, -0.1) is 0 Å². The van der Waals surface area contributed by atoms with Gasteiger partial charge in [-0.25, -0.2) is 0 Å². The molecule has 2 heteroatoms. The van der Waals surface area contributed by atoms with Crippen molar-refractivity contribution in [1.82, 2.24) is 0 Å². The van der Waals surface area contributed by atoms with Crippen molar-refractivity contribution in [2.45, 2.75) is 52.4 Å². The minimum absolute atomic E-state index is 0.149. The maximum Gasteiger partial charge on any atom is 0.308 e. The summed E-state index contributed by atoms with van der Waals surface area (Å²) in [5.41, 5.74) is 2.91. The average Bonchev–Trinajstić information content (AvgIpc) is 2.92. The second-order valence-electron chi connectivity index (χ2n) is 6.78. The zero-order chi connectivity index (χ0) is 13.8. The molecule has 3 rings (SSSR count). The van der Waals surface area contributed by atoms with Crippen molar-refractivity contribution < 1.29 is 9.53 Å². The Morgan fingerprint density at radius 2 is 2.11 bits per heavy atom. The predicted molar refractivity (Wildman–Crippen MR) is 75.3 cm³/mol. The van der Waals surface area contributed by atoms with E-state index >= 15 is 0 Å². The van der Waals surface area contributed by atoms with Crippen molar-refractivity contribution in [3.8, 4) is 5.75 Å². The number of ether oxygens (including phenoxy) is 1. The van der Waals surface area contributed by atoms with Crippen molar-refractivity contribution in [2.24, 2.45) is 11.3 Å². The molecule has 1 unspecified atom stereocenters. The van der Waals surface area contributed by atoms with E-state index in [-0.39, 0.29) is 11.4 Å². The number of fused-ring (bicyclic) bond motifs is 1. The van der Waals surface area contributed by atoms with E-state index in [1.807, 2.05) is 13.0 Å². The number of hydrogen-bond donors (Lipinski definition) is 0. The highest BCUT2D eigenvalue weighted by Crippen LogP contribution is 2.72. The molecule has 2 fully saturated rings. The number of benzene rings is 1. The van der Waals surface area contributed by atoms with E-state index in [1.165, 1.54) is 31.7 Å². The van der Waals surface area contributed by atoms with E-state index in [0.717, 1.165) is 17.2 Å². The summed E-state index contributed by atoms with van der Waals surface area (Å²) >= 11 is 0. The van der Waals surface area contributed by atoms with Gasteiger partial charge in [-0.1, -0.05) is 26.0 Å². The van der Waals surface area contributed by atoms with Gasteiger partial charge in [-0.3, -0.25) is 4.79 Å². The van der Waals surface area contributed by atoms with Gasteiger partial charge in [0.25, 0.3) is 0 Å². The molecule has 0 amide bonds. The van der Waals surface area contributed by atoms with Crippen molar-refractivity contribution in [1.29, 1.82) is 0 Å². The van der Waals surface area contributed by atoms with Gasteiger partial charge < -0.3 is 4.74 Å². The normalized spacial score (nSPS) is 35.9. The van der Waals surface area contributed by atoms with Crippen LogP contribution in [0.25, 0.3) is 0 Å². The van der Waals surface area contributed by atoms with E-state index in [2.05, 4.69) is 26.0 Å². The molecule has 0 N–H and O–H groups in total. The number of carbonyl (C=O) groups is 1. The molecule has 102 valence electrons. The van der Waals surface area contributed by atoms with Crippen LogP contribution < -0.4 is 4.74 Å². The molecule has 2 aliphatic carbocycles. The number of aryl methyl sites for hydroxylation is 1. The van der Waals surface area contributed by atoms with Gasteiger partial charge in [0.1, 0.15) is 5.75 Å². The molecule has 2 nitrogen and oxygen atoms in total. The van der Waals surface area contributed by atoms with Gasteiger partial charge in [-0.05, 0) is 49.1 Å². The van der Waals surface area contributed by atoms with Crippen LogP contribution in [0.1, 0.15) is 51.2 Å². The lowest BCUT2D eigenvalue weighted by molar-refractivity contribution is -0.132. The van der Waals surface area contributed by atoms with Crippen LogP contribution in [0.2, 0.25) is 0 Å². The fraction of sp³-hybridized carbons (Fsp3) is 0.588. The molecule has 2 aliphatic rings. The lowest BCUT2D eigenvalue weighted by Gasteiger charge is -2.34. The maximum absolute atomic E-state index is 11.3. The minimum Gasteiger partial charge on any atom is -0.426 e. The van der Waals surface area contributed by atoms with Crippen LogP contribution >= 0.6 is 0 Å². The maximum atomic E-state index is 11.3. The summed E-state index contributed by atoms with van der Waals surface area (Å²) in [5, 5.41) is 0. The smallest absolute Gasteiger partial charge is 0.308 e. The highest BCUT2D eigenvalue weighted by molar-refractivity contribution is 5.70. The minimum atomic E-state index is -0.231. The molecule has 0 radical (unpaired) electrons. The largest absolute Gasteiger partial charge is 0.426 e. The lowest BCUT2D eigenvalue weighted by Crippen LogP contribution is -2.30. The summed E-state index contributed by atoms with van der Waals surface area (Å²) in [6.07, 6.45) is 3.82. The molecule has 1 aromatic rings. The molecular formula is C17H22O2. The van der Waals surface area contributed by atoms with Crippen molar-refractivity contribution in [3.05, 3.63) is 29.3 Å². The van der Waals surface area contributed by atoms with E-state index in [1.54, 1.807) is 0 Å². The quantitative estimate of drug-likeness (QED) is 0.592. The Morgan fingerprint density at radius 3 is 2.63 bits per heavy atom. The Kier molecular flexibility index (Phi) is 2.57. The average molecular weight is 258 g/mol. The third-order valence-corrected chi connectivity index (χ3v) is 5.65. The Morgan fingerprint density at radius 1 is 1.37 bits per heavy atom. The topological polar surface area (TPSA) is 26.3 Å². The standard InChI is InChI=1S/C17H22O2/c1-11-5-6-14(15(9-11)19-12(2)18)16(3)8-7-13-10-17(13,16)4/h5-6,9,13H,7-8,10H2,1-4H3/t13?,16-,17-/m0/s1. The van der Waals surface area contributed by atoms with Crippen LogP contribution in [0.4, 0.5) is 0 Å². The second-order valence-corrected chi connectivity index (χ2v) is 6.78. The van der Waals surface area contributed by atoms with Crippen molar-refractivity contribution in [2.75, 3.05) is 0 Å². The van der Waals surface area contributed by atoms with E-state index in [4.69, 9.17) is 4.74 Å². The Bertz CT molecular complexity index is 546. The van der Waals surface area contributed by atoms with Gasteiger partial charge in [0.05, 0.1) is 0 Å². The van der Waals surface area contributed by atoms with Crippen LogP contribution in [0.15, 0.2) is 18.2 Å². The first-order valence-corrected chi connectivity index (χ1v) is 7.16. The summed E-state index contributed by atoms with van der Waals surface area (Å²) in [4.78, 5) is 11.3. The Balaban J connectivity index is 2.07. The molecule has 2 saturated carbocycles. The van der Waals surface area contributed by atoms with Crippen molar-refractivity contribution >= 4 is 5.97 Å². The monoisotopic (exact) mass is 258 g/mol. The zero-order valence-corrected chi connectivity index (χ0v) is 12.2. The third kappa shape index (κ3) is 1.73. The highest BCUT2D eigenvalue weighted by atomic mass is 16.5. The van der Waals surface area contributed by atoms with Gasteiger partial charge in [-0.2, -0.15) is 0 Å². The number of carbonyl (C=O) groups excluding carboxylic acids is 1. The van der Waals surface area contributed by atoms with Gasteiger partial charge in [0.2, 0.25) is 0 Å². The molecule has 0 saturated heterocycles. The van der Waals surface area contributed by atoms with Gasteiger partial charge >= 0.3 is 5.97 Å². The first-order valence-electron chi connectivity index (χ1n) is 7.16. The third-order valence-electron chi connectivity index (χ3n) is 5.65. The zero-order valence-electron chi connectivity index (χ0n) is 12.2. The summed E-state index contributed by atoms with van der Waals surface area (Å²) in [5.74, 6) is 1.40. The number of esters is 1. The molecule has 0 spiro atoms. The first kappa shape index (κ1) is 12.7. The molecular weight excluding hydrogens is 236 g/mol. The predicted octanol–water partition coefficient (Wildman–Crippen LogP) is 4.00. The SMILES string of the molecule is CC(=O)Oc1cc(C)ccc1[C@]1(C)CCC2C[C@@]21C. The Labute approximate surface area is 115 Å². The second kappa shape index (κ2) is 3.84. The molecule has 0 aliphatic heterocycles. The summed E-state index contributed by atoms with van der Waals surface area (Å²) in [6, 6.07) is 6.30. The highest BCUT2D eigenvalue weighted by Gasteiger charge is 2.66. The van der Waals surface area contributed by atoms with E-state index in [0.29, 0.717) is 5.41 Å².